The Morgan fingerprint density at radius 1 is 1.24 bits per heavy atom. The Balaban J connectivity index is 1.50. The second-order valence-corrected chi connectivity index (χ2v) is 9.22. The van der Waals surface area contributed by atoms with Gasteiger partial charge in [0.25, 0.3) is 5.92 Å². The van der Waals surface area contributed by atoms with Gasteiger partial charge in [0.1, 0.15) is 17.9 Å². The predicted octanol–water partition coefficient (Wildman–Crippen LogP) is 4.29. The van der Waals surface area contributed by atoms with Crippen molar-refractivity contribution in [3.8, 4) is 17.0 Å². The molecule has 202 valence electrons. The third kappa shape index (κ3) is 4.70. The van der Waals surface area contributed by atoms with Gasteiger partial charge in [-0.15, -0.1) is 5.10 Å². The summed E-state index contributed by atoms with van der Waals surface area (Å²) in [6.07, 6.45) is -2.84. The van der Waals surface area contributed by atoms with E-state index in [0.29, 0.717) is 27.7 Å². The van der Waals surface area contributed by atoms with Crippen molar-refractivity contribution in [3.05, 3.63) is 36.3 Å². The van der Waals surface area contributed by atoms with Gasteiger partial charge in [-0.25, -0.2) is 18.3 Å². The molecule has 4 heterocycles. The molecule has 1 aromatic carbocycles. The highest BCUT2D eigenvalue weighted by molar-refractivity contribution is 5.90. The normalized spacial score (nSPS) is 17.8. The lowest BCUT2D eigenvalue weighted by molar-refractivity contribution is -0.141. The number of methoxy groups -OCH3 is 1. The number of alkyl halides is 5. The van der Waals surface area contributed by atoms with E-state index in [-0.39, 0.29) is 30.6 Å². The topological polar surface area (TPSA) is 89.6 Å². The Bertz CT molecular complexity index is 1530. The van der Waals surface area contributed by atoms with Gasteiger partial charge < -0.3 is 19.5 Å². The number of nitrogens with one attached hydrogen (secondary N) is 1. The van der Waals surface area contributed by atoms with Crippen molar-refractivity contribution >= 4 is 28.4 Å². The molecule has 1 fully saturated rings. The van der Waals surface area contributed by atoms with E-state index in [0.717, 1.165) is 9.47 Å². The van der Waals surface area contributed by atoms with Crippen LogP contribution in [-0.4, -0.2) is 73.3 Å². The molecule has 0 spiro atoms. The van der Waals surface area contributed by atoms with Crippen molar-refractivity contribution in [3.63, 3.8) is 0 Å². The summed E-state index contributed by atoms with van der Waals surface area (Å²) >= 11 is 0. The highest BCUT2D eigenvalue weighted by atomic mass is 19.4. The highest BCUT2D eigenvalue weighted by Crippen LogP contribution is 2.35. The third-order valence-corrected chi connectivity index (χ3v) is 6.61. The molecule has 1 atom stereocenters. The van der Waals surface area contributed by atoms with Gasteiger partial charge in [-0.2, -0.15) is 18.2 Å². The minimum atomic E-state index is -4.42. The van der Waals surface area contributed by atoms with Crippen molar-refractivity contribution in [2.24, 2.45) is 0 Å². The lowest BCUT2D eigenvalue weighted by atomic mass is 10.0. The van der Waals surface area contributed by atoms with Crippen LogP contribution in [0.4, 0.5) is 27.9 Å². The van der Waals surface area contributed by atoms with Crippen LogP contribution in [-0.2, 0) is 11.3 Å². The zero-order valence-corrected chi connectivity index (χ0v) is 20.7. The van der Waals surface area contributed by atoms with Gasteiger partial charge in [0.05, 0.1) is 30.7 Å². The molecule has 1 amide bonds. The number of carbonyl (C=O) groups is 1. The smallest absolute Gasteiger partial charge is 0.406 e. The lowest BCUT2D eigenvalue weighted by Crippen LogP contribution is -2.55. The van der Waals surface area contributed by atoms with Crippen LogP contribution in [0.5, 0.6) is 5.88 Å². The molecule has 1 N–H and O–H groups in total. The fourth-order valence-electron chi connectivity index (χ4n) is 4.76. The average molecular weight is 537 g/mol. The van der Waals surface area contributed by atoms with E-state index in [9.17, 15) is 26.7 Å². The second-order valence-electron chi connectivity index (χ2n) is 9.22. The number of amides is 1. The lowest BCUT2D eigenvalue weighted by Gasteiger charge is -2.38. The molecule has 14 heteroatoms. The molecular weight excluding hydrogens is 513 g/mol. The summed E-state index contributed by atoms with van der Waals surface area (Å²) in [6.45, 7) is 1.05. The zero-order valence-electron chi connectivity index (χ0n) is 20.7. The first-order valence-corrected chi connectivity index (χ1v) is 11.7. The largest absolute Gasteiger partial charge is 0.479 e. The Labute approximate surface area is 213 Å². The molecule has 0 unspecified atom stereocenters. The zero-order chi connectivity index (χ0) is 27.4. The number of halogens is 5. The molecule has 0 bridgehead atoms. The number of fused-ring (bicyclic) bond motifs is 2. The van der Waals surface area contributed by atoms with Gasteiger partial charge in [0.2, 0.25) is 17.7 Å². The van der Waals surface area contributed by atoms with E-state index in [1.165, 1.54) is 25.5 Å². The second kappa shape index (κ2) is 9.10. The molecule has 1 saturated heterocycles. The number of ether oxygens (including phenoxy) is 1. The Hall–Kier alpha value is -3.97. The third-order valence-electron chi connectivity index (χ3n) is 6.61. The summed E-state index contributed by atoms with van der Waals surface area (Å²) < 4.78 is 76.9. The number of aromatic nitrogens is 5. The number of aryl methyl sites for hydroxylation is 1. The Morgan fingerprint density at radius 2 is 2.00 bits per heavy atom. The van der Waals surface area contributed by atoms with Crippen LogP contribution < -0.4 is 10.1 Å². The molecule has 1 aliphatic heterocycles. The van der Waals surface area contributed by atoms with Gasteiger partial charge in [0.15, 0.2) is 0 Å². The molecule has 0 saturated carbocycles. The van der Waals surface area contributed by atoms with Gasteiger partial charge >= 0.3 is 6.18 Å². The predicted molar refractivity (Wildman–Crippen MR) is 128 cm³/mol. The van der Waals surface area contributed by atoms with E-state index < -0.39 is 37.1 Å². The molecule has 3 aromatic heterocycles. The summed E-state index contributed by atoms with van der Waals surface area (Å²) in [7, 11) is 1.37. The van der Waals surface area contributed by atoms with E-state index >= 15 is 0 Å². The molecule has 4 aromatic rings. The summed E-state index contributed by atoms with van der Waals surface area (Å²) in [5, 5.41) is 6.98. The minimum absolute atomic E-state index is 0.00173. The quantitative estimate of drug-likeness (QED) is 0.382. The Morgan fingerprint density at radius 3 is 2.66 bits per heavy atom. The van der Waals surface area contributed by atoms with Crippen LogP contribution in [0.3, 0.4) is 0 Å². The van der Waals surface area contributed by atoms with Crippen LogP contribution in [0.2, 0.25) is 0 Å². The maximum absolute atomic E-state index is 14.7. The molecule has 5 rings (SSSR count). The van der Waals surface area contributed by atoms with Crippen LogP contribution >= 0.6 is 0 Å². The monoisotopic (exact) mass is 537 g/mol. The number of carbonyl (C=O) groups excluding carboxylic acids is 1. The van der Waals surface area contributed by atoms with Gasteiger partial charge in [-0.3, -0.25) is 4.79 Å². The van der Waals surface area contributed by atoms with Gasteiger partial charge in [-0.05, 0) is 37.1 Å². The highest BCUT2D eigenvalue weighted by Gasteiger charge is 2.46. The summed E-state index contributed by atoms with van der Waals surface area (Å²) in [6, 6.07) is 5.35. The van der Waals surface area contributed by atoms with Gasteiger partial charge in [-0.1, -0.05) is 6.07 Å². The van der Waals surface area contributed by atoms with Crippen LogP contribution in [0, 0.1) is 6.92 Å². The van der Waals surface area contributed by atoms with Crippen LogP contribution in [0.25, 0.3) is 27.7 Å². The van der Waals surface area contributed by atoms with Crippen LogP contribution in [0.15, 0.2) is 30.5 Å². The average Bonchev–Trinajstić information content (AvgIpc) is 3.39. The number of hydrogen-bond acceptors (Lipinski definition) is 6. The molecule has 1 aliphatic rings. The van der Waals surface area contributed by atoms with Crippen molar-refractivity contribution in [1.82, 2.24) is 29.0 Å². The number of nitrogens with zero attached hydrogens (tertiary/aromatic N) is 6. The van der Waals surface area contributed by atoms with Crippen LogP contribution in [0.1, 0.15) is 19.2 Å². The summed E-state index contributed by atoms with van der Waals surface area (Å²) in [5.41, 5.74) is 2.30. The molecule has 9 nitrogen and oxygen atoms in total. The molecule has 0 radical (unpaired) electrons. The summed E-state index contributed by atoms with van der Waals surface area (Å²) in [4.78, 5) is 21.1. The Kier molecular flexibility index (Phi) is 6.15. The first-order valence-electron chi connectivity index (χ1n) is 11.7. The maximum Gasteiger partial charge on any atom is 0.406 e. The number of anilines is 1. The maximum atomic E-state index is 14.7. The van der Waals surface area contributed by atoms with Crippen molar-refractivity contribution in [2.75, 3.05) is 25.5 Å². The SMILES string of the molecule is COc1nc(N[C@@H]2CCN(C(C)=O)CC2(F)F)nn2ccc(-c3ccc4nc(C)n(CC(F)(F)F)c4c3)c12. The van der Waals surface area contributed by atoms with E-state index in [1.54, 1.807) is 30.5 Å². The first-order chi connectivity index (χ1) is 17.9. The number of rotatable bonds is 5. The van der Waals surface area contributed by atoms with E-state index in [4.69, 9.17) is 4.74 Å². The van der Waals surface area contributed by atoms with E-state index in [1.807, 2.05) is 0 Å². The standard InChI is InChI=1S/C24H24F5N7O2/c1-13-30-17-5-4-15(10-18(17)35(13)12-24(27,28)29)16-6-9-36-20(16)21(38-3)32-22(33-36)31-19-7-8-34(14(2)37)11-23(19,25)26/h4-6,9-10,19H,7-8,11-12H2,1-3H3,(H,31,33)/t19-/m1/s1. The number of piperidine rings is 1. The van der Waals surface area contributed by atoms with Crippen molar-refractivity contribution < 1.29 is 31.5 Å². The first kappa shape index (κ1) is 25.7. The minimum Gasteiger partial charge on any atom is -0.479 e. The number of hydrogen-bond donors (Lipinski definition) is 1. The fraction of sp³-hybridized carbons (Fsp3) is 0.417. The number of imidazole rings is 1. The number of likely N-dealkylation sites (tertiary alicyclic amines) is 1. The van der Waals surface area contributed by atoms with E-state index in [2.05, 4.69) is 20.4 Å². The molecule has 0 aliphatic carbocycles. The van der Waals surface area contributed by atoms with Gasteiger partial charge in [0, 0.05) is 25.2 Å². The molecule has 38 heavy (non-hydrogen) atoms. The molecular formula is C24H24F5N7O2. The van der Waals surface area contributed by atoms with Crippen molar-refractivity contribution in [2.45, 2.75) is 45.0 Å². The summed E-state index contributed by atoms with van der Waals surface area (Å²) in [5.74, 6) is -3.39. The number of benzene rings is 1. The van der Waals surface area contributed by atoms with Crippen molar-refractivity contribution in [1.29, 1.82) is 0 Å². The fourth-order valence-corrected chi connectivity index (χ4v) is 4.76.